The SMILES string of the molecule is O=COc1ccc([C@@H]2C(C(=O)c3ccccc3)C[C@@H]2c2ccc(C(=O)O)cc2)cc1.O=COc1ccc([C@@H]2C(C(=O)c3ccccc3)C[C@H]2c2ccc(C(=O)O)cc2)cc1. The van der Waals surface area contributed by atoms with Gasteiger partial charge in [0.05, 0.1) is 11.1 Å². The molecule has 2 N–H and O–H groups in total. The van der Waals surface area contributed by atoms with Crippen molar-refractivity contribution in [2.75, 3.05) is 0 Å². The molecule has 2 aliphatic rings. The highest BCUT2D eigenvalue weighted by Crippen LogP contribution is 2.56. The topological polar surface area (TPSA) is 161 Å². The number of aromatic carboxylic acids is 2. The second kappa shape index (κ2) is 18.4. The van der Waals surface area contributed by atoms with E-state index in [1.165, 1.54) is 0 Å². The Morgan fingerprint density at radius 1 is 0.417 bits per heavy atom. The van der Waals surface area contributed by atoms with Gasteiger partial charge in [-0.2, -0.15) is 0 Å². The highest BCUT2D eigenvalue weighted by molar-refractivity contribution is 6.00. The lowest BCUT2D eigenvalue weighted by Gasteiger charge is -2.45. The molecule has 0 radical (unpaired) electrons. The maximum atomic E-state index is 13.2. The molecule has 8 rings (SSSR count). The zero-order chi connectivity index (χ0) is 42.2. The molecule has 2 saturated carbocycles. The number of carboxylic acid groups (broad SMARTS) is 2. The summed E-state index contributed by atoms with van der Waals surface area (Å²) in [7, 11) is 0. The predicted octanol–water partition coefficient (Wildman–Crippen LogP) is 9.38. The van der Waals surface area contributed by atoms with Gasteiger partial charge in [0.15, 0.2) is 11.6 Å². The fraction of sp³-hybridized carbons (Fsp3) is 0.160. The second-order valence-corrected chi connectivity index (χ2v) is 14.8. The molecular weight excluding hydrogens is 761 g/mol. The molecule has 2 unspecified atom stereocenters. The van der Waals surface area contributed by atoms with Crippen molar-refractivity contribution in [1.29, 1.82) is 0 Å². The van der Waals surface area contributed by atoms with Gasteiger partial charge in [-0.15, -0.1) is 0 Å². The number of hydrogen-bond donors (Lipinski definition) is 2. The summed E-state index contributed by atoms with van der Waals surface area (Å²) >= 11 is 0. The van der Waals surface area contributed by atoms with Crippen LogP contribution in [-0.2, 0) is 9.59 Å². The van der Waals surface area contributed by atoms with E-state index in [0.717, 1.165) is 22.3 Å². The van der Waals surface area contributed by atoms with Gasteiger partial charge in [0.2, 0.25) is 0 Å². The lowest BCUT2D eigenvalue weighted by Crippen LogP contribution is -2.38. The van der Waals surface area contributed by atoms with Gasteiger partial charge in [0.1, 0.15) is 11.5 Å². The van der Waals surface area contributed by atoms with Gasteiger partial charge in [0.25, 0.3) is 12.9 Å². The average Bonchev–Trinajstić information content (AvgIpc) is 3.25. The highest BCUT2D eigenvalue weighted by atomic mass is 16.5. The van der Waals surface area contributed by atoms with Gasteiger partial charge in [-0.05, 0) is 95.5 Å². The van der Waals surface area contributed by atoms with Crippen LogP contribution in [0.2, 0.25) is 0 Å². The van der Waals surface area contributed by atoms with Crippen LogP contribution < -0.4 is 9.47 Å². The first kappa shape index (κ1) is 40.7. The van der Waals surface area contributed by atoms with Crippen molar-refractivity contribution in [2.24, 2.45) is 11.8 Å². The number of ketones is 2. The summed E-state index contributed by atoms with van der Waals surface area (Å²) in [5, 5.41) is 18.3. The van der Waals surface area contributed by atoms with Gasteiger partial charge in [-0.1, -0.05) is 109 Å². The van der Waals surface area contributed by atoms with Crippen molar-refractivity contribution in [2.45, 2.75) is 36.5 Å². The van der Waals surface area contributed by atoms with E-state index < -0.39 is 11.9 Å². The minimum absolute atomic E-state index is 0.0429. The van der Waals surface area contributed by atoms with E-state index >= 15 is 0 Å². The first-order valence-corrected chi connectivity index (χ1v) is 19.4. The van der Waals surface area contributed by atoms with E-state index in [0.29, 0.717) is 48.4 Å². The van der Waals surface area contributed by atoms with Crippen LogP contribution in [0.25, 0.3) is 0 Å². The molecule has 6 atom stereocenters. The highest BCUT2D eigenvalue weighted by Gasteiger charge is 2.47. The Balaban J connectivity index is 0.000000181. The average molecular weight is 801 g/mol. The van der Waals surface area contributed by atoms with Crippen LogP contribution in [0.3, 0.4) is 0 Å². The molecule has 0 heterocycles. The summed E-state index contributed by atoms with van der Waals surface area (Å²) in [6.07, 6.45) is 1.38. The van der Waals surface area contributed by atoms with Crippen molar-refractivity contribution in [3.05, 3.63) is 202 Å². The third-order valence-electron chi connectivity index (χ3n) is 11.6. The summed E-state index contributed by atoms with van der Waals surface area (Å²) in [6.45, 7) is 0.764. The largest absolute Gasteiger partial charge is 0.478 e. The minimum atomic E-state index is -0.963. The lowest BCUT2D eigenvalue weighted by atomic mass is 9.57. The molecule has 0 aliphatic heterocycles. The first-order chi connectivity index (χ1) is 29.2. The Bertz CT molecular complexity index is 2290. The molecule has 300 valence electrons. The van der Waals surface area contributed by atoms with Gasteiger partial charge in [0, 0.05) is 34.8 Å². The summed E-state index contributed by atoms with van der Waals surface area (Å²) in [5.74, 6) is -1.06. The van der Waals surface area contributed by atoms with Crippen LogP contribution in [0.4, 0.5) is 0 Å². The molecular formula is C50H40O10. The van der Waals surface area contributed by atoms with E-state index in [1.54, 1.807) is 48.5 Å². The van der Waals surface area contributed by atoms with Crippen LogP contribution in [0.5, 0.6) is 11.5 Å². The molecule has 0 bridgehead atoms. The van der Waals surface area contributed by atoms with Gasteiger partial charge in [-0.25, -0.2) is 9.59 Å². The number of carbonyl (C=O) groups excluding carboxylic acids is 4. The second-order valence-electron chi connectivity index (χ2n) is 14.8. The van der Waals surface area contributed by atoms with Crippen molar-refractivity contribution in [3.63, 3.8) is 0 Å². The molecule has 2 fully saturated rings. The molecule has 0 aromatic heterocycles. The van der Waals surface area contributed by atoms with Crippen LogP contribution in [0.15, 0.2) is 158 Å². The number of carbonyl (C=O) groups is 6. The fourth-order valence-corrected chi connectivity index (χ4v) is 8.49. The molecule has 6 aromatic carbocycles. The number of hydrogen-bond acceptors (Lipinski definition) is 8. The summed E-state index contributed by atoms with van der Waals surface area (Å²) in [4.78, 5) is 69.7. The maximum Gasteiger partial charge on any atom is 0.335 e. The molecule has 0 spiro atoms. The monoisotopic (exact) mass is 800 g/mol. The van der Waals surface area contributed by atoms with E-state index in [-0.39, 0.29) is 58.2 Å². The summed E-state index contributed by atoms with van der Waals surface area (Å²) in [6, 6.07) is 46.6. The van der Waals surface area contributed by atoms with E-state index in [2.05, 4.69) is 0 Å². The summed E-state index contributed by atoms with van der Waals surface area (Å²) < 4.78 is 9.76. The number of carboxylic acids is 2. The van der Waals surface area contributed by atoms with Crippen molar-refractivity contribution in [1.82, 2.24) is 0 Å². The van der Waals surface area contributed by atoms with E-state index in [4.69, 9.17) is 19.7 Å². The molecule has 60 heavy (non-hydrogen) atoms. The zero-order valence-electron chi connectivity index (χ0n) is 32.2. The molecule has 10 heteroatoms. The molecule has 0 amide bonds. The number of Topliss-reactive ketones (excluding diaryl/α,β-unsaturated/α-hetero) is 2. The van der Waals surface area contributed by atoms with Gasteiger partial charge < -0.3 is 19.7 Å². The van der Waals surface area contributed by atoms with Crippen molar-refractivity contribution < 1.29 is 48.5 Å². The quantitative estimate of drug-likeness (QED) is 0.0802. The van der Waals surface area contributed by atoms with E-state index in [1.807, 2.05) is 109 Å². The van der Waals surface area contributed by atoms with Crippen LogP contribution in [0, 0.1) is 11.8 Å². The van der Waals surface area contributed by atoms with Crippen molar-refractivity contribution in [3.8, 4) is 11.5 Å². The van der Waals surface area contributed by atoms with Gasteiger partial charge in [-0.3, -0.25) is 19.2 Å². The Labute approximate surface area is 346 Å². The predicted molar refractivity (Wildman–Crippen MR) is 222 cm³/mol. The maximum absolute atomic E-state index is 13.2. The first-order valence-electron chi connectivity index (χ1n) is 19.4. The third-order valence-corrected chi connectivity index (χ3v) is 11.6. The van der Waals surface area contributed by atoms with Crippen LogP contribution >= 0.6 is 0 Å². The van der Waals surface area contributed by atoms with E-state index in [9.17, 15) is 28.8 Å². The molecule has 2 aliphatic carbocycles. The molecule has 10 nitrogen and oxygen atoms in total. The standard InChI is InChI=1S/2C25H20O5/c2*26-15-30-20-12-10-17(11-13-20)23-21(16-6-8-19(9-7-16)25(28)29)14-22(23)24(27)18-4-2-1-3-5-18/h2*1-13,15,21-23H,14H2,(H,28,29)/t21-,22?,23+;21-,22?,23-/m10/s1. The smallest absolute Gasteiger partial charge is 0.335 e. The van der Waals surface area contributed by atoms with Crippen LogP contribution in [0.1, 0.15) is 100 Å². The molecule has 0 saturated heterocycles. The molecule has 6 aromatic rings. The minimum Gasteiger partial charge on any atom is -0.478 e. The number of ether oxygens (including phenoxy) is 2. The number of rotatable bonds is 14. The zero-order valence-corrected chi connectivity index (χ0v) is 32.2. The van der Waals surface area contributed by atoms with Crippen molar-refractivity contribution >= 4 is 36.4 Å². The Morgan fingerprint density at radius 3 is 1.03 bits per heavy atom. The summed E-state index contributed by atoms with van der Waals surface area (Å²) in [5.41, 5.74) is 5.85. The fourth-order valence-electron chi connectivity index (χ4n) is 8.49. The van der Waals surface area contributed by atoms with Crippen LogP contribution in [-0.4, -0.2) is 46.7 Å². The number of benzene rings is 6. The third kappa shape index (κ3) is 8.83. The Kier molecular flexibility index (Phi) is 12.5. The Morgan fingerprint density at radius 2 is 0.733 bits per heavy atom. The normalized spacial score (nSPS) is 20.1. The Hall–Kier alpha value is -7.46. The van der Waals surface area contributed by atoms with Gasteiger partial charge >= 0.3 is 11.9 Å². The lowest BCUT2D eigenvalue weighted by molar-refractivity contribution is -0.121.